The van der Waals surface area contributed by atoms with E-state index in [1.807, 2.05) is 0 Å². The lowest BCUT2D eigenvalue weighted by molar-refractivity contribution is -0.151. The highest BCUT2D eigenvalue weighted by Gasteiger charge is 2.52. The van der Waals surface area contributed by atoms with Crippen LogP contribution in [0.15, 0.2) is 0 Å². The predicted octanol–water partition coefficient (Wildman–Crippen LogP) is 2.18. The maximum Gasteiger partial charge on any atom is 0.327 e. The molecule has 116 valence electrons. The quantitative estimate of drug-likeness (QED) is 0.727. The van der Waals surface area contributed by atoms with Crippen molar-refractivity contribution in [3.05, 3.63) is 0 Å². The molecule has 2 unspecified atom stereocenters. The van der Waals surface area contributed by atoms with Crippen molar-refractivity contribution in [2.24, 2.45) is 5.92 Å². The van der Waals surface area contributed by atoms with Gasteiger partial charge in [-0.25, -0.2) is 4.79 Å². The molecule has 1 heterocycles. The number of likely N-dealkylation sites (tertiary alicyclic amines) is 1. The number of ether oxygens (including phenoxy) is 1. The summed E-state index contributed by atoms with van der Waals surface area (Å²) in [5, 5.41) is 3.55. The van der Waals surface area contributed by atoms with Crippen LogP contribution in [0, 0.1) is 5.92 Å². The Hall–Kier alpha value is -0.610. The molecule has 1 aliphatic carbocycles. The van der Waals surface area contributed by atoms with Gasteiger partial charge in [-0.1, -0.05) is 13.3 Å². The summed E-state index contributed by atoms with van der Waals surface area (Å²) in [6.45, 7) is 7.24. The van der Waals surface area contributed by atoms with Gasteiger partial charge in [0.05, 0.1) is 7.11 Å². The van der Waals surface area contributed by atoms with E-state index in [9.17, 15) is 4.79 Å². The molecule has 0 aromatic heterocycles. The van der Waals surface area contributed by atoms with Crippen molar-refractivity contribution in [2.75, 3.05) is 26.7 Å². The highest BCUT2D eigenvalue weighted by Crippen LogP contribution is 2.41. The van der Waals surface area contributed by atoms with Crippen molar-refractivity contribution >= 4 is 5.97 Å². The van der Waals surface area contributed by atoms with Crippen molar-refractivity contribution in [1.82, 2.24) is 10.2 Å². The molecule has 1 N–H and O–H groups in total. The largest absolute Gasteiger partial charge is 0.468 e. The van der Waals surface area contributed by atoms with Crippen LogP contribution < -0.4 is 5.32 Å². The Morgan fingerprint density at radius 3 is 2.65 bits per heavy atom. The first-order valence-electron chi connectivity index (χ1n) is 8.21. The van der Waals surface area contributed by atoms with Gasteiger partial charge >= 0.3 is 5.97 Å². The first-order chi connectivity index (χ1) is 9.64. The highest BCUT2D eigenvalue weighted by atomic mass is 16.5. The summed E-state index contributed by atoms with van der Waals surface area (Å²) < 4.78 is 5.16. The first-order valence-corrected chi connectivity index (χ1v) is 8.21. The summed E-state index contributed by atoms with van der Waals surface area (Å²) in [6.07, 6.45) is 7.15. The predicted molar refractivity (Wildman–Crippen MR) is 80.7 cm³/mol. The Morgan fingerprint density at radius 2 is 2.10 bits per heavy atom. The zero-order valence-electron chi connectivity index (χ0n) is 13.3. The average Bonchev–Trinajstić information content (AvgIpc) is 3.29. The molecule has 0 radical (unpaired) electrons. The van der Waals surface area contributed by atoms with Gasteiger partial charge in [-0.15, -0.1) is 0 Å². The number of methoxy groups -OCH3 is 1. The van der Waals surface area contributed by atoms with Gasteiger partial charge in [0.25, 0.3) is 0 Å². The molecule has 2 rings (SSSR count). The minimum absolute atomic E-state index is 0.0637. The van der Waals surface area contributed by atoms with Crippen LogP contribution in [0.3, 0.4) is 0 Å². The van der Waals surface area contributed by atoms with Gasteiger partial charge in [0, 0.05) is 12.6 Å². The van der Waals surface area contributed by atoms with Gasteiger partial charge in [0.1, 0.15) is 5.54 Å². The van der Waals surface area contributed by atoms with Gasteiger partial charge < -0.3 is 10.1 Å². The van der Waals surface area contributed by atoms with Crippen molar-refractivity contribution < 1.29 is 9.53 Å². The number of hydrogen-bond donors (Lipinski definition) is 1. The third-order valence-electron chi connectivity index (χ3n) is 4.91. The van der Waals surface area contributed by atoms with Gasteiger partial charge in [-0.3, -0.25) is 4.90 Å². The second-order valence-corrected chi connectivity index (χ2v) is 6.48. The topological polar surface area (TPSA) is 41.6 Å². The fraction of sp³-hybridized carbons (Fsp3) is 0.938. The lowest BCUT2D eigenvalue weighted by Gasteiger charge is -2.41. The molecule has 2 atom stereocenters. The van der Waals surface area contributed by atoms with Crippen LogP contribution in [0.4, 0.5) is 0 Å². The van der Waals surface area contributed by atoms with Crippen LogP contribution in [-0.2, 0) is 9.53 Å². The van der Waals surface area contributed by atoms with E-state index < -0.39 is 5.54 Å². The van der Waals surface area contributed by atoms with E-state index in [4.69, 9.17) is 4.74 Å². The highest BCUT2D eigenvalue weighted by molar-refractivity contribution is 5.82. The molecule has 4 nitrogen and oxygen atoms in total. The Kier molecular flexibility index (Phi) is 5.44. The number of carbonyl (C=O) groups is 1. The van der Waals surface area contributed by atoms with Crippen molar-refractivity contribution in [3.8, 4) is 0 Å². The molecular weight excluding hydrogens is 252 g/mol. The summed E-state index contributed by atoms with van der Waals surface area (Å²) in [7, 11) is 1.52. The zero-order chi connectivity index (χ0) is 14.6. The van der Waals surface area contributed by atoms with E-state index in [2.05, 4.69) is 24.1 Å². The number of nitrogens with one attached hydrogen (secondary N) is 1. The normalized spacial score (nSPS) is 27.1. The fourth-order valence-electron chi connectivity index (χ4n) is 3.45. The number of hydrogen-bond acceptors (Lipinski definition) is 4. The van der Waals surface area contributed by atoms with Crippen LogP contribution in [0.5, 0.6) is 0 Å². The number of carbonyl (C=O) groups excluding carboxylic acids is 1. The van der Waals surface area contributed by atoms with E-state index in [1.54, 1.807) is 0 Å². The molecule has 20 heavy (non-hydrogen) atoms. The molecule has 0 aromatic carbocycles. The van der Waals surface area contributed by atoms with Crippen LogP contribution in [0.1, 0.15) is 52.4 Å². The van der Waals surface area contributed by atoms with Crippen LogP contribution in [-0.4, -0.2) is 49.2 Å². The van der Waals surface area contributed by atoms with E-state index in [0.29, 0.717) is 12.0 Å². The van der Waals surface area contributed by atoms with E-state index in [0.717, 1.165) is 38.9 Å². The molecule has 2 aliphatic rings. The van der Waals surface area contributed by atoms with Gasteiger partial charge in [0.15, 0.2) is 0 Å². The summed E-state index contributed by atoms with van der Waals surface area (Å²) in [6, 6.07) is 0.579. The number of rotatable bonds is 7. The summed E-state index contributed by atoms with van der Waals surface area (Å²) in [4.78, 5) is 15.0. The zero-order valence-corrected chi connectivity index (χ0v) is 13.3. The minimum atomic E-state index is -0.476. The average molecular weight is 282 g/mol. The number of esters is 1. The Bertz CT molecular complexity index is 330. The lowest BCUT2D eigenvalue weighted by Crippen LogP contribution is -2.62. The smallest absolute Gasteiger partial charge is 0.327 e. The molecule has 0 aromatic rings. The summed E-state index contributed by atoms with van der Waals surface area (Å²) >= 11 is 0. The van der Waals surface area contributed by atoms with Crippen molar-refractivity contribution in [3.63, 3.8) is 0 Å². The number of nitrogens with zero attached hydrogens (tertiary/aromatic N) is 1. The minimum Gasteiger partial charge on any atom is -0.468 e. The molecule has 1 aliphatic heterocycles. The van der Waals surface area contributed by atoms with E-state index in [1.165, 1.54) is 26.4 Å². The third-order valence-corrected chi connectivity index (χ3v) is 4.91. The molecule has 0 amide bonds. The molecule has 1 saturated carbocycles. The fourth-order valence-corrected chi connectivity index (χ4v) is 3.45. The lowest BCUT2D eigenvalue weighted by atomic mass is 9.90. The molecule has 0 bridgehead atoms. The van der Waals surface area contributed by atoms with E-state index >= 15 is 0 Å². The standard InChI is InChI=1S/C16H30N2O2/c1-4-10-17-16(14-8-9-14,15(19)20-3)12-18-11-6-5-7-13(18)2/h13-14,17H,4-12H2,1-3H3. The summed E-state index contributed by atoms with van der Waals surface area (Å²) in [5.41, 5.74) is -0.476. The maximum atomic E-state index is 12.5. The monoisotopic (exact) mass is 282 g/mol. The van der Waals surface area contributed by atoms with Gasteiger partial charge in [-0.05, 0) is 58.0 Å². The Morgan fingerprint density at radius 1 is 1.35 bits per heavy atom. The molecule has 4 heteroatoms. The second kappa shape index (κ2) is 6.90. The summed E-state index contributed by atoms with van der Waals surface area (Å²) in [5.74, 6) is 0.391. The van der Waals surface area contributed by atoms with Gasteiger partial charge in [-0.2, -0.15) is 0 Å². The van der Waals surface area contributed by atoms with Crippen LogP contribution in [0.25, 0.3) is 0 Å². The van der Waals surface area contributed by atoms with Crippen LogP contribution >= 0.6 is 0 Å². The third kappa shape index (κ3) is 3.34. The number of piperidine rings is 1. The van der Waals surface area contributed by atoms with E-state index in [-0.39, 0.29) is 5.97 Å². The second-order valence-electron chi connectivity index (χ2n) is 6.48. The Labute approximate surface area is 123 Å². The molecule has 2 fully saturated rings. The molecular formula is C16H30N2O2. The Balaban J connectivity index is 2.13. The maximum absolute atomic E-state index is 12.5. The SMILES string of the molecule is CCCNC(CN1CCCCC1C)(C(=O)OC)C1CC1. The van der Waals surface area contributed by atoms with Crippen molar-refractivity contribution in [1.29, 1.82) is 0 Å². The van der Waals surface area contributed by atoms with Gasteiger partial charge in [0.2, 0.25) is 0 Å². The molecule has 0 spiro atoms. The molecule has 1 saturated heterocycles. The van der Waals surface area contributed by atoms with Crippen LogP contribution in [0.2, 0.25) is 0 Å². The van der Waals surface area contributed by atoms with Crippen molar-refractivity contribution in [2.45, 2.75) is 64.0 Å². The first kappa shape index (κ1) is 15.8.